The minimum absolute atomic E-state index is 0.0202. The zero-order chi connectivity index (χ0) is 16.2. The monoisotopic (exact) mass is 313 g/mol. The molecule has 1 aliphatic heterocycles. The molecule has 5 nitrogen and oxygen atoms in total. The van der Waals surface area contributed by atoms with Gasteiger partial charge in [-0.15, -0.1) is 0 Å². The Labute approximate surface area is 136 Å². The zero-order valence-corrected chi connectivity index (χ0v) is 13.9. The van der Waals surface area contributed by atoms with Crippen molar-refractivity contribution in [1.82, 2.24) is 14.7 Å². The first-order valence-electron chi connectivity index (χ1n) is 8.31. The summed E-state index contributed by atoms with van der Waals surface area (Å²) in [4.78, 5) is 17.0. The minimum Gasteiger partial charge on any atom is -0.377 e. The second kappa shape index (κ2) is 5.06. The number of hydrogen-bond donors (Lipinski definition) is 1. The van der Waals surface area contributed by atoms with E-state index in [1.807, 2.05) is 35.9 Å². The normalized spacial score (nSPS) is 28.4. The SMILES string of the molecule is Cc1cccn2cc(CC(=O)NC3C4CCOC4C3(C)C)nc12. The van der Waals surface area contributed by atoms with Crippen LogP contribution in [0.15, 0.2) is 24.5 Å². The van der Waals surface area contributed by atoms with Crippen molar-refractivity contribution < 1.29 is 9.53 Å². The van der Waals surface area contributed by atoms with Crippen molar-refractivity contribution in [2.45, 2.75) is 45.8 Å². The molecule has 4 rings (SSSR count). The average Bonchev–Trinajstić information content (AvgIpc) is 3.10. The van der Waals surface area contributed by atoms with Crippen molar-refractivity contribution in [3.8, 4) is 0 Å². The van der Waals surface area contributed by atoms with Gasteiger partial charge in [-0.3, -0.25) is 4.79 Å². The minimum atomic E-state index is 0.0202. The maximum absolute atomic E-state index is 12.5. The number of pyridine rings is 1. The van der Waals surface area contributed by atoms with Crippen molar-refractivity contribution in [3.63, 3.8) is 0 Å². The second-order valence-corrected chi connectivity index (χ2v) is 7.44. The molecule has 0 aromatic carbocycles. The fourth-order valence-electron chi connectivity index (χ4n) is 4.30. The summed E-state index contributed by atoms with van der Waals surface area (Å²) in [5, 5.41) is 3.22. The first-order chi connectivity index (χ1) is 11.0. The number of hydrogen-bond acceptors (Lipinski definition) is 3. The number of nitrogens with zero attached hydrogens (tertiary/aromatic N) is 2. The van der Waals surface area contributed by atoms with Crippen LogP contribution in [0.25, 0.3) is 5.65 Å². The van der Waals surface area contributed by atoms with Gasteiger partial charge in [-0.05, 0) is 25.0 Å². The Morgan fingerprint density at radius 2 is 2.35 bits per heavy atom. The van der Waals surface area contributed by atoms with Crippen molar-refractivity contribution in [1.29, 1.82) is 0 Å². The summed E-state index contributed by atoms with van der Waals surface area (Å²) >= 11 is 0. The standard InChI is InChI=1S/C18H23N3O2/c1-11-5-4-7-21-10-12(19-17(11)21)9-14(22)20-15-13-6-8-23-16(13)18(15,2)3/h4-5,7,10,13,15-16H,6,8-9H2,1-3H3,(H,20,22). The number of carbonyl (C=O) groups is 1. The molecule has 3 atom stereocenters. The Bertz CT molecular complexity index is 765. The highest BCUT2D eigenvalue weighted by molar-refractivity contribution is 5.79. The summed E-state index contributed by atoms with van der Waals surface area (Å²) in [5.74, 6) is 0.520. The van der Waals surface area contributed by atoms with Crippen molar-refractivity contribution in [2.75, 3.05) is 6.61 Å². The smallest absolute Gasteiger partial charge is 0.226 e. The van der Waals surface area contributed by atoms with Gasteiger partial charge in [0.15, 0.2) is 0 Å². The van der Waals surface area contributed by atoms with Crippen LogP contribution in [0, 0.1) is 18.3 Å². The molecular formula is C18H23N3O2. The second-order valence-electron chi connectivity index (χ2n) is 7.44. The molecule has 1 aliphatic carbocycles. The molecule has 2 fully saturated rings. The van der Waals surface area contributed by atoms with Gasteiger partial charge >= 0.3 is 0 Å². The molecule has 1 saturated carbocycles. The highest BCUT2D eigenvalue weighted by Crippen LogP contribution is 2.52. The van der Waals surface area contributed by atoms with Gasteiger partial charge < -0.3 is 14.5 Å². The third kappa shape index (κ3) is 2.26. The first kappa shape index (κ1) is 14.7. The molecule has 5 heteroatoms. The van der Waals surface area contributed by atoms with Gasteiger partial charge in [0.05, 0.1) is 18.2 Å². The summed E-state index contributed by atoms with van der Waals surface area (Å²) < 4.78 is 7.76. The lowest BCUT2D eigenvalue weighted by Crippen LogP contribution is -2.66. The Kier molecular flexibility index (Phi) is 3.23. The largest absolute Gasteiger partial charge is 0.377 e. The van der Waals surface area contributed by atoms with Crippen LogP contribution in [0.4, 0.5) is 0 Å². The Hall–Kier alpha value is -1.88. The summed E-state index contributed by atoms with van der Waals surface area (Å²) in [6.07, 6.45) is 5.57. The fraction of sp³-hybridized carbons (Fsp3) is 0.556. The number of carbonyl (C=O) groups excluding carboxylic acids is 1. The van der Waals surface area contributed by atoms with E-state index in [2.05, 4.69) is 24.1 Å². The molecule has 0 bridgehead atoms. The van der Waals surface area contributed by atoms with E-state index < -0.39 is 0 Å². The van der Waals surface area contributed by atoms with Crippen LogP contribution in [0.1, 0.15) is 31.5 Å². The predicted octanol–water partition coefficient (Wildman–Crippen LogP) is 2.11. The molecule has 2 aromatic heterocycles. The van der Waals surface area contributed by atoms with Crippen LogP contribution in [0.3, 0.4) is 0 Å². The van der Waals surface area contributed by atoms with E-state index in [-0.39, 0.29) is 17.4 Å². The summed E-state index contributed by atoms with van der Waals surface area (Å²) in [7, 11) is 0. The maximum Gasteiger partial charge on any atom is 0.226 e. The van der Waals surface area contributed by atoms with E-state index in [1.165, 1.54) is 0 Å². The van der Waals surface area contributed by atoms with E-state index in [0.29, 0.717) is 18.4 Å². The molecule has 1 saturated heterocycles. The van der Waals surface area contributed by atoms with Gasteiger partial charge in [0.25, 0.3) is 0 Å². The topological polar surface area (TPSA) is 55.6 Å². The quantitative estimate of drug-likeness (QED) is 0.944. The molecule has 3 heterocycles. The van der Waals surface area contributed by atoms with E-state index in [0.717, 1.165) is 29.9 Å². The number of aryl methyl sites for hydroxylation is 1. The van der Waals surface area contributed by atoms with E-state index in [9.17, 15) is 4.79 Å². The zero-order valence-electron chi connectivity index (χ0n) is 13.9. The predicted molar refractivity (Wildman–Crippen MR) is 87.2 cm³/mol. The van der Waals surface area contributed by atoms with Gasteiger partial charge in [-0.1, -0.05) is 19.9 Å². The summed E-state index contributed by atoms with van der Waals surface area (Å²) in [6.45, 7) is 7.21. The first-order valence-corrected chi connectivity index (χ1v) is 8.31. The number of nitrogens with one attached hydrogen (secondary N) is 1. The Balaban J connectivity index is 1.46. The van der Waals surface area contributed by atoms with E-state index in [4.69, 9.17) is 4.74 Å². The highest BCUT2D eigenvalue weighted by atomic mass is 16.5. The molecule has 122 valence electrons. The molecular weight excluding hydrogens is 290 g/mol. The third-order valence-electron chi connectivity index (χ3n) is 5.49. The highest BCUT2D eigenvalue weighted by Gasteiger charge is 2.59. The van der Waals surface area contributed by atoms with Gasteiger partial charge in [0, 0.05) is 36.4 Å². The Morgan fingerprint density at radius 1 is 1.52 bits per heavy atom. The molecule has 1 amide bonds. The molecule has 3 unspecified atom stereocenters. The van der Waals surface area contributed by atoms with Crippen molar-refractivity contribution in [2.24, 2.45) is 11.3 Å². The van der Waals surface area contributed by atoms with Gasteiger partial charge in [0.2, 0.25) is 5.91 Å². The fourth-order valence-corrected chi connectivity index (χ4v) is 4.30. The van der Waals surface area contributed by atoms with Crippen LogP contribution in [-0.4, -0.2) is 34.0 Å². The molecule has 0 spiro atoms. The lowest BCUT2D eigenvalue weighted by Gasteiger charge is -2.54. The van der Waals surface area contributed by atoms with Crippen LogP contribution >= 0.6 is 0 Å². The maximum atomic E-state index is 12.5. The lowest BCUT2D eigenvalue weighted by molar-refractivity contribution is -0.137. The molecule has 2 aromatic rings. The van der Waals surface area contributed by atoms with E-state index in [1.54, 1.807) is 0 Å². The molecule has 23 heavy (non-hydrogen) atoms. The van der Waals surface area contributed by atoms with E-state index >= 15 is 0 Å². The number of amides is 1. The van der Waals surface area contributed by atoms with Gasteiger partial charge in [-0.25, -0.2) is 4.98 Å². The van der Waals surface area contributed by atoms with Crippen LogP contribution in [0.2, 0.25) is 0 Å². The van der Waals surface area contributed by atoms with Gasteiger partial charge in [0.1, 0.15) is 5.65 Å². The third-order valence-corrected chi connectivity index (χ3v) is 5.49. The number of rotatable bonds is 3. The number of aromatic nitrogens is 2. The molecule has 1 N–H and O–H groups in total. The number of fused-ring (bicyclic) bond motifs is 2. The molecule has 2 aliphatic rings. The van der Waals surface area contributed by atoms with Crippen LogP contribution in [-0.2, 0) is 16.0 Å². The summed E-state index contributed by atoms with van der Waals surface area (Å²) in [6, 6.07) is 4.23. The van der Waals surface area contributed by atoms with Crippen molar-refractivity contribution >= 4 is 11.6 Å². The van der Waals surface area contributed by atoms with Crippen LogP contribution < -0.4 is 5.32 Å². The Morgan fingerprint density at radius 3 is 3.13 bits per heavy atom. The number of ether oxygens (including phenoxy) is 1. The van der Waals surface area contributed by atoms with Crippen LogP contribution in [0.5, 0.6) is 0 Å². The van der Waals surface area contributed by atoms with Crippen molar-refractivity contribution in [3.05, 3.63) is 35.8 Å². The number of imidazole rings is 1. The molecule has 0 radical (unpaired) electrons. The lowest BCUT2D eigenvalue weighted by atomic mass is 9.57. The summed E-state index contributed by atoms with van der Waals surface area (Å²) in [5.41, 5.74) is 2.87. The van der Waals surface area contributed by atoms with Gasteiger partial charge in [-0.2, -0.15) is 0 Å². The average molecular weight is 313 g/mol.